The number of benzene rings is 2. The molecule has 0 spiro atoms. The van der Waals surface area contributed by atoms with Gasteiger partial charge >= 0.3 is 0 Å². The van der Waals surface area contributed by atoms with E-state index in [2.05, 4.69) is 10.5 Å². The van der Waals surface area contributed by atoms with Crippen LogP contribution in [0, 0.1) is 11.7 Å². The molecular weight excluding hydrogens is 425 g/mol. The van der Waals surface area contributed by atoms with Crippen molar-refractivity contribution in [3.63, 3.8) is 0 Å². The van der Waals surface area contributed by atoms with Gasteiger partial charge in [-0.25, -0.2) is 18.2 Å². The zero-order valence-electron chi connectivity index (χ0n) is 17.2. The molecule has 1 aliphatic heterocycles. The van der Waals surface area contributed by atoms with Gasteiger partial charge in [0.2, 0.25) is 15.9 Å². The van der Waals surface area contributed by atoms with Crippen molar-refractivity contribution >= 4 is 22.1 Å². The predicted octanol–water partition coefficient (Wildman–Crippen LogP) is 2.39. The van der Waals surface area contributed by atoms with E-state index in [9.17, 15) is 17.6 Å². The molecule has 1 N–H and O–H groups in total. The van der Waals surface area contributed by atoms with E-state index in [-0.39, 0.29) is 29.8 Å². The number of sulfonamides is 1. The summed E-state index contributed by atoms with van der Waals surface area (Å²) >= 11 is 0. The molecular formula is C21H24FN3O5S. The maximum absolute atomic E-state index is 13.1. The average Bonchev–Trinajstić information content (AvgIpc) is 2.79. The van der Waals surface area contributed by atoms with Crippen LogP contribution in [0.2, 0.25) is 0 Å². The minimum Gasteiger partial charge on any atom is -0.493 e. The lowest BCUT2D eigenvalue weighted by molar-refractivity contribution is -0.126. The fourth-order valence-electron chi connectivity index (χ4n) is 3.31. The Morgan fingerprint density at radius 1 is 1.10 bits per heavy atom. The molecule has 0 unspecified atom stereocenters. The molecule has 31 heavy (non-hydrogen) atoms. The zero-order chi connectivity index (χ0) is 22.4. The monoisotopic (exact) mass is 449 g/mol. The highest BCUT2D eigenvalue weighted by molar-refractivity contribution is 7.89. The molecule has 0 radical (unpaired) electrons. The minimum atomic E-state index is -3.71. The van der Waals surface area contributed by atoms with Crippen LogP contribution < -0.4 is 14.9 Å². The first-order valence-corrected chi connectivity index (χ1v) is 11.1. The molecule has 10 heteroatoms. The fraction of sp³-hybridized carbons (Fsp3) is 0.333. The molecule has 1 fully saturated rings. The van der Waals surface area contributed by atoms with Crippen LogP contribution in [-0.2, 0) is 14.8 Å². The highest BCUT2D eigenvalue weighted by Crippen LogP contribution is 2.27. The highest BCUT2D eigenvalue weighted by Gasteiger charge is 2.32. The molecule has 166 valence electrons. The SMILES string of the molecule is COc1ccc(/C=N\NC(=O)C2CCN(S(=O)(=O)c3ccc(F)cc3)CC2)cc1OC. The number of ether oxygens (including phenoxy) is 2. The molecule has 2 aromatic rings. The molecule has 1 heterocycles. The van der Waals surface area contributed by atoms with E-state index in [1.807, 2.05) is 0 Å². The minimum absolute atomic E-state index is 0.0383. The van der Waals surface area contributed by atoms with E-state index in [0.29, 0.717) is 24.3 Å². The first kappa shape index (κ1) is 22.7. The van der Waals surface area contributed by atoms with E-state index in [1.165, 1.54) is 29.8 Å². The van der Waals surface area contributed by atoms with Gasteiger partial charge in [0.25, 0.3) is 0 Å². The summed E-state index contributed by atoms with van der Waals surface area (Å²) in [6.45, 7) is 0.411. The number of amides is 1. The number of hydrogen-bond donors (Lipinski definition) is 1. The first-order chi connectivity index (χ1) is 14.8. The van der Waals surface area contributed by atoms with Gasteiger partial charge in [0.1, 0.15) is 5.82 Å². The van der Waals surface area contributed by atoms with Gasteiger partial charge in [-0.15, -0.1) is 0 Å². The maximum atomic E-state index is 13.1. The molecule has 2 aromatic carbocycles. The third-order valence-corrected chi connectivity index (χ3v) is 6.98. The van der Waals surface area contributed by atoms with E-state index in [0.717, 1.165) is 17.7 Å². The van der Waals surface area contributed by atoms with Gasteiger partial charge in [-0.1, -0.05) is 0 Å². The van der Waals surface area contributed by atoms with Gasteiger partial charge in [0, 0.05) is 19.0 Å². The van der Waals surface area contributed by atoms with Gasteiger partial charge in [-0.05, 0) is 60.9 Å². The standard InChI is InChI=1S/C21H24FN3O5S/c1-29-19-8-3-15(13-20(19)30-2)14-23-24-21(26)16-9-11-25(12-10-16)31(27,28)18-6-4-17(22)5-7-18/h3-8,13-14,16H,9-12H2,1-2H3,(H,24,26)/b23-14-. The van der Waals surface area contributed by atoms with Crippen LogP contribution >= 0.6 is 0 Å². The first-order valence-electron chi connectivity index (χ1n) is 9.66. The van der Waals surface area contributed by atoms with Crippen LogP contribution in [0.5, 0.6) is 11.5 Å². The van der Waals surface area contributed by atoms with Crippen molar-refractivity contribution in [3.05, 3.63) is 53.8 Å². The lowest BCUT2D eigenvalue weighted by Gasteiger charge is -2.30. The van der Waals surface area contributed by atoms with Crippen molar-refractivity contribution in [2.75, 3.05) is 27.3 Å². The van der Waals surface area contributed by atoms with Crippen LogP contribution in [-0.4, -0.2) is 52.2 Å². The molecule has 1 saturated heterocycles. The Hall–Kier alpha value is -2.98. The Bertz CT molecular complexity index is 1050. The number of nitrogens with one attached hydrogen (secondary N) is 1. The van der Waals surface area contributed by atoms with Gasteiger partial charge < -0.3 is 9.47 Å². The number of hydrazone groups is 1. The second-order valence-electron chi connectivity index (χ2n) is 6.98. The summed E-state index contributed by atoms with van der Waals surface area (Å²) in [5.74, 6) is 0.0271. The summed E-state index contributed by atoms with van der Waals surface area (Å²) in [5.41, 5.74) is 3.23. The molecule has 1 aliphatic rings. The Morgan fingerprint density at radius 3 is 2.35 bits per heavy atom. The second-order valence-corrected chi connectivity index (χ2v) is 8.92. The van der Waals surface area contributed by atoms with Crippen LogP contribution in [0.4, 0.5) is 4.39 Å². The number of hydrogen-bond acceptors (Lipinski definition) is 6. The summed E-state index contributed by atoms with van der Waals surface area (Å²) in [4.78, 5) is 12.4. The van der Waals surface area contributed by atoms with Crippen LogP contribution in [0.25, 0.3) is 0 Å². The summed E-state index contributed by atoms with van der Waals surface area (Å²) in [7, 11) is -0.635. The van der Waals surface area contributed by atoms with Crippen molar-refractivity contribution in [3.8, 4) is 11.5 Å². The largest absolute Gasteiger partial charge is 0.493 e. The smallest absolute Gasteiger partial charge is 0.243 e. The average molecular weight is 450 g/mol. The molecule has 3 rings (SSSR count). The number of halogens is 1. The second kappa shape index (κ2) is 9.88. The fourth-order valence-corrected chi connectivity index (χ4v) is 4.78. The quantitative estimate of drug-likeness (QED) is 0.517. The summed E-state index contributed by atoms with van der Waals surface area (Å²) in [5, 5.41) is 3.98. The molecule has 0 aliphatic carbocycles. The molecule has 8 nitrogen and oxygen atoms in total. The van der Waals surface area contributed by atoms with E-state index < -0.39 is 15.8 Å². The van der Waals surface area contributed by atoms with Crippen LogP contribution in [0.15, 0.2) is 52.5 Å². The molecule has 0 saturated carbocycles. The van der Waals surface area contributed by atoms with Gasteiger partial charge in [0.05, 0.1) is 25.3 Å². The van der Waals surface area contributed by atoms with Gasteiger partial charge in [-0.2, -0.15) is 9.41 Å². The predicted molar refractivity (Wildman–Crippen MR) is 113 cm³/mol. The number of carbonyl (C=O) groups is 1. The van der Waals surface area contributed by atoms with Gasteiger partial charge in [0.15, 0.2) is 11.5 Å². The highest BCUT2D eigenvalue weighted by atomic mass is 32.2. The lowest BCUT2D eigenvalue weighted by atomic mass is 9.98. The number of piperidine rings is 1. The lowest BCUT2D eigenvalue weighted by Crippen LogP contribution is -2.42. The summed E-state index contributed by atoms with van der Waals surface area (Å²) in [6, 6.07) is 9.95. The Labute approximate surface area is 180 Å². The van der Waals surface area contributed by atoms with Crippen LogP contribution in [0.1, 0.15) is 18.4 Å². The number of rotatable bonds is 7. The van der Waals surface area contributed by atoms with Crippen molar-refractivity contribution < 1.29 is 27.1 Å². The van der Waals surface area contributed by atoms with E-state index in [4.69, 9.17) is 9.47 Å². The molecule has 0 atom stereocenters. The molecule has 0 aromatic heterocycles. The third kappa shape index (κ3) is 5.39. The number of carbonyl (C=O) groups excluding carboxylic acids is 1. The normalized spacial score (nSPS) is 15.7. The van der Waals surface area contributed by atoms with Crippen LogP contribution in [0.3, 0.4) is 0 Å². The van der Waals surface area contributed by atoms with E-state index >= 15 is 0 Å². The topological polar surface area (TPSA) is 97.3 Å². The van der Waals surface area contributed by atoms with E-state index in [1.54, 1.807) is 25.3 Å². The van der Waals surface area contributed by atoms with Crippen molar-refractivity contribution in [2.45, 2.75) is 17.7 Å². The molecule has 0 bridgehead atoms. The third-order valence-electron chi connectivity index (χ3n) is 5.07. The Morgan fingerprint density at radius 2 is 1.74 bits per heavy atom. The zero-order valence-corrected chi connectivity index (χ0v) is 18.1. The maximum Gasteiger partial charge on any atom is 0.243 e. The van der Waals surface area contributed by atoms with Crippen molar-refractivity contribution in [1.82, 2.24) is 9.73 Å². The Kier molecular flexibility index (Phi) is 7.24. The number of nitrogens with zero attached hydrogens (tertiary/aromatic N) is 2. The van der Waals surface area contributed by atoms with Crippen molar-refractivity contribution in [2.24, 2.45) is 11.0 Å². The van der Waals surface area contributed by atoms with Crippen molar-refractivity contribution in [1.29, 1.82) is 0 Å². The summed E-state index contributed by atoms with van der Waals surface area (Å²) < 4.78 is 50.1. The number of methoxy groups -OCH3 is 2. The van der Waals surface area contributed by atoms with Gasteiger partial charge in [-0.3, -0.25) is 4.79 Å². The molecule has 1 amide bonds. The Balaban J connectivity index is 1.54. The summed E-state index contributed by atoms with van der Waals surface area (Å²) in [6.07, 6.45) is 2.24.